The molecule has 0 radical (unpaired) electrons. The zero-order valence-corrected chi connectivity index (χ0v) is 9.86. The Morgan fingerprint density at radius 3 is 2.73 bits per heavy atom. The van der Waals surface area contributed by atoms with E-state index in [1.165, 1.54) is 18.9 Å². The largest absolute Gasteiger partial charge is 0.207 e. The van der Waals surface area contributed by atoms with E-state index in [0.717, 1.165) is 6.42 Å². The van der Waals surface area contributed by atoms with Gasteiger partial charge in [0.2, 0.25) is 0 Å². The Hall–Kier alpha value is -0.270. The number of hydrogen-bond donors (Lipinski definition) is 0. The second-order valence-electron chi connectivity index (χ2n) is 4.09. The first-order valence-electron chi connectivity index (χ1n) is 5.25. The first kappa shape index (κ1) is 11.2. The zero-order valence-electron chi connectivity index (χ0n) is 8.35. The molecule has 0 aromatic heterocycles. The average molecular weight is 247 g/mol. The highest BCUT2D eigenvalue weighted by Crippen LogP contribution is 2.38. The molecule has 1 atom stereocenters. The molecule has 1 aliphatic carbocycles. The SMILES string of the molecule is Fc1cccc(Cl)c1CCC(Cl)C1CC1. The third kappa shape index (κ3) is 2.85. The molecule has 1 aromatic rings. The van der Waals surface area contributed by atoms with E-state index in [9.17, 15) is 4.39 Å². The van der Waals surface area contributed by atoms with E-state index in [1.54, 1.807) is 12.1 Å². The number of alkyl halides is 1. The van der Waals surface area contributed by atoms with Gasteiger partial charge in [-0.05, 0) is 43.7 Å². The minimum absolute atomic E-state index is 0.181. The molecule has 0 bridgehead atoms. The Balaban J connectivity index is 1.97. The molecular formula is C12H13Cl2F. The molecule has 0 N–H and O–H groups in total. The maximum absolute atomic E-state index is 13.4. The summed E-state index contributed by atoms with van der Waals surface area (Å²) in [5, 5.41) is 0.690. The highest BCUT2D eigenvalue weighted by atomic mass is 35.5. The van der Waals surface area contributed by atoms with Crippen molar-refractivity contribution in [2.45, 2.75) is 31.1 Å². The molecule has 0 aliphatic heterocycles. The first-order valence-corrected chi connectivity index (χ1v) is 6.07. The summed E-state index contributed by atoms with van der Waals surface area (Å²) in [4.78, 5) is 0. The van der Waals surface area contributed by atoms with Gasteiger partial charge in [-0.2, -0.15) is 0 Å². The van der Waals surface area contributed by atoms with Crippen molar-refractivity contribution < 1.29 is 4.39 Å². The van der Waals surface area contributed by atoms with E-state index in [2.05, 4.69) is 0 Å². The van der Waals surface area contributed by atoms with E-state index in [-0.39, 0.29) is 11.2 Å². The van der Waals surface area contributed by atoms with Gasteiger partial charge in [0.15, 0.2) is 0 Å². The third-order valence-corrected chi connectivity index (χ3v) is 3.79. The molecule has 3 heteroatoms. The molecule has 82 valence electrons. The van der Waals surface area contributed by atoms with Gasteiger partial charge in [-0.1, -0.05) is 17.7 Å². The summed E-state index contributed by atoms with van der Waals surface area (Å²) in [5.41, 5.74) is 0.602. The summed E-state index contributed by atoms with van der Waals surface area (Å²) in [6, 6.07) is 4.79. The molecule has 1 aromatic carbocycles. The Bertz CT molecular complexity index is 327. The van der Waals surface area contributed by atoms with Crippen molar-refractivity contribution in [2.24, 2.45) is 5.92 Å². The van der Waals surface area contributed by atoms with Gasteiger partial charge >= 0.3 is 0 Å². The highest BCUT2D eigenvalue weighted by molar-refractivity contribution is 6.31. The maximum atomic E-state index is 13.4. The van der Waals surface area contributed by atoms with Crippen LogP contribution in [0.4, 0.5) is 4.39 Å². The van der Waals surface area contributed by atoms with E-state index < -0.39 is 0 Å². The number of halogens is 3. The second-order valence-corrected chi connectivity index (χ2v) is 5.06. The van der Waals surface area contributed by atoms with Crippen LogP contribution in [-0.4, -0.2) is 5.38 Å². The van der Waals surface area contributed by atoms with Crippen LogP contribution in [0.3, 0.4) is 0 Å². The van der Waals surface area contributed by atoms with Crippen LogP contribution in [0.15, 0.2) is 18.2 Å². The maximum Gasteiger partial charge on any atom is 0.127 e. The predicted molar refractivity (Wildman–Crippen MR) is 62.1 cm³/mol. The summed E-state index contributed by atoms with van der Waals surface area (Å²) >= 11 is 12.1. The van der Waals surface area contributed by atoms with Gasteiger partial charge in [-0.25, -0.2) is 4.39 Å². The summed E-state index contributed by atoms with van der Waals surface area (Å²) in [5.74, 6) is 0.430. The predicted octanol–water partition coefficient (Wildman–Crippen LogP) is 4.43. The van der Waals surface area contributed by atoms with Crippen molar-refractivity contribution in [1.82, 2.24) is 0 Å². The number of benzene rings is 1. The fraction of sp³-hybridized carbons (Fsp3) is 0.500. The van der Waals surface area contributed by atoms with E-state index in [1.807, 2.05) is 0 Å². The molecule has 1 saturated carbocycles. The Morgan fingerprint density at radius 1 is 1.40 bits per heavy atom. The highest BCUT2D eigenvalue weighted by Gasteiger charge is 2.29. The van der Waals surface area contributed by atoms with Gasteiger partial charge in [-0.3, -0.25) is 0 Å². The van der Waals surface area contributed by atoms with E-state index in [4.69, 9.17) is 23.2 Å². The van der Waals surface area contributed by atoms with Gasteiger partial charge in [0.25, 0.3) is 0 Å². The Morgan fingerprint density at radius 2 is 2.13 bits per heavy atom. The van der Waals surface area contributed by atoms with E-state index in [0.29, 0.717) is 22.9 Å². The van der Waals surface area contributed by atoms with Crippen molar-refractivity contribution in [1.29, 1.82) is 0 Å². The zero-order chi connectivity index (χ0) is 10.8. The summed E-state index contributed by atoms with van der Waals surface area (Å²) in [7, 11) is 0. The Kier molecular flexibility index (Phi) is 3.53. The third-order valence-electron chi connectivity index (χ3n) is 2.87. The second kappa shape index (κ2) is 4.71. The van der Waals surface area contributed by atoms with Crippen molar-refractivity contribution in [3.8, 4) is 0 Å². The molecule has 0 heterocycles. The van der Waals surface area contributed by atoms with Crippen molar-refractivity contribution in [3.05, 3.63) is 34.6 Å². The van der Waals surface area contributed by atoms with Crippen LogP contribution in [-0.2, 0) is 6.42 Å². The number of hydrogen-bond acceptors (Lipinski definition) is 0. The molecule has 0 amide bonds. The van der Waals surface area contributed by atoms with Crippen LogP contribution in [0.1, 0.15) is 24.8 Å². The Labute approximate surface area is 99.4 Å². The average Bonchev–Trinajstić information content (AvgIpc) is 2.99. The standard InChI is InChI=1S/C12H13Cl2F/c13-10(8-4-5-8)7-6-9-11(14)2-1-3-12(9)15/h1-3,8,10H,4-7H2. The molecule has 1 fully saturated rings. The van der Waals surface area contributed by atoms with Gasteiger partial charge in [0, 0.05) is 16.0 Å². The molecule has 0 nitrogen and oxygen atoms in total. The summed E-state index contributed by atoms with van der Waals surface area (Å²) in [6.45, 7) is 0. The quantitative estimate of drug-likeness (QED) is 0.690. The fourth-order valence-electron chi connectivity index (χ4n) is 1.75. The summed E-state index contributed by atoms with van der Waals surface area (Å²) in [6.07, 6.45) is 3.89. The van der Waals surface area contributed by atoms with Crippen LogP contribution in [0, 0.1) is 11.7 Å². The lowest BCUT2D eigenvalue weighted by Gasteiger charge is -2.09. The van der Waals surface area contributed by atoms with Crippen molar-refractivity contribution in [2.75, 3.05) is 0 Å². The van der Waals surface area contributed by atoms with E-state index >= 15 is 0 Å². The molecular weight excluding hydrogens is 234 g/mol. The number of rotatable bonds is 4. The van der Waals surface area contributed by atoms with Crippen LogP contribution < -0.4 is 0 Å². The lowest BCUT2D eigenvalue weighted by molar-refractivity contribution is 0.594. The van der Waals surface area contributed by atoms with Crippen molar-refractivity contribution >= 4 is 23.2 Å². The lowest BCUT2D eigenvalue weighted by atomic mass is 10.1. The molecule has 15 heavy (non-hydrogen) atoms. The first-order chi connectivity index (χ1) is 7.18. The fourth-order valence-corrected chi connectivity index (χ4v) is 2.37. The van der Waals surface area contributed by atoms with Crippen molar-refractivity contribution in [3.63, 3.8) is 0 Å². The molecule has 0 spiro atoms. The van der Waals surface area contributed by atoms with Crippen LogP contribution in [0.5, 0.6) is 0 Å². The van der Waals surface area contributed by atoms with Gasteiger partial charge in [0.05, 0.1) is 0 Å². The van der Waals surface area contributed by atoms with Crippen LogP contribution in [0.2, 0.25) is 5.02 Å². The van der Waals surface area contributed by atoms with Gasteiger partial charge in [-0.15, -0.1) is 11.6 Å². The minimum atomic E-state index is -0.220. The van der Waals surface area contributed by atoms with Gasteiger partial charge < -0.3 is 0 Å². The molecule has 2 rings (SSSR count). The smallest absolute Gasteiger partial charge is 0.127 e. The lowest BCUT2D eigenvalue weighted by Crippen LogP contribution is -2.04. The normalized spacial score (nSPS) is 17.8. The summed E-state index contributed by atoms with van der Waals surface area (Å²) < 4.78 is 13.4. The molecule has 1 aliphatic rings. The topological polar surface area (TPSA) is 0 Å². The molecule has 0 saturated heterocycles. The van der Waals surface area contributed by atoms with Crippen LogP contribution >= 0.6 is 23.2 Å². The van der Waals surface area contributed by atoms with Crippen LogP contribution in [0.25, 0.3) is 0 Å². The molecule has 1 unspecified atom stereocenters. The minimum Gasteiger partial charge on any atom is -0.207 e. The monoisotopic (exact) mass is 246 g/mol. The van der Waals surface area contributed by atoms with Gasteiger partial charge in [0.1, 0.15) is 5.82 Å².